The van der Waals surface area contributed by atoms with Gasteiger partial charge < -0.3 is 5.73 Å². The third kappa shape index (κ3) is 2.18. The number of alkyl halides is 3. The molecule has 0 aromatic carbocycles. The Hall–Kier alpha value is -1.04. The van der Waals surface area contributed by atoms with E-state index in [0.29, 0.717) is 18.5 Å². The van der Waals surface area contributed by atoms with Gasteiger partial charge in [-0.25, -0.2) is 0 Å². The molecule has 1 aromatic rings. The minimum absolute atomic E-state index is 0.347. The summed E-state index contributed by atoms with van der Waals surface area (Å²) in [6, 6.07) is 1.08. The van der Waals surface area contributed by atoms with E-state index in [0.717, 1.165) is 10.7 Å². The van der Waals surface area contributed by atoms with Gasteiger partial charge in [0, 0.05) is 0 Å². The predicted molar refractivity (Wildman–Crippen MR) is 57.3 cm³/mol. The van der Waals surface area contributed by atoms with Crippen molar-refractivity contribution in [3.05, 3.63) is 17.5 Å². The molecule has 1 aliphatic carbocycles. The topological polar surface area (TPSA) is 43.8 Å². The van der Waals surface area contributed by atoms with Crippen LogP contribution in [0.1, 0.15) is 45.0 Å². The summed E-state index contributed by atoms with van der Waals surface area (Å²) in [7, 11) is 0. The van der Waals surface area contributed by atoms with Crippen molar-refractivity contribution < 1.29 is 13.2 Å². The molecule has 1 aliphatic rings. The van der Waals surface area contributed by atoms with Crippen molar-refractivity contribution in [2.45, 2.75) is 50.9 Å². The summed E-state index contributed by atoms with van der Waals surface area (Å²) in [5.41, 5.74) is 4.16. The van der Waals surface area contributed by atoms with E-state index in [1.165, 1.54) is 0 Å². The molecule has 17 heavy (non-hydrogen) atoms. The number of nitrogens with two attached hydrogens (primary N) is 1. The number of hydrogen-bond acceptors (Lipinski definition) is 2. The molecule has 0 unspecified atom stereocenters. The third-order valence-electron chi connectivity index (χ3n) is 2.93. The van der Waals surface area contributed by atoms with Gasteiger partial charge in [0.15, 0.2) is 0 Å². The lowest BCUT2D eigenvalue weighted by Crippen LogP contribution is -2.29. The first-order valence-corrected chi connectivity index (χ1v) is 5.51. The second-order valence-electron chi connectivity index (χ2n) is 5.65. The second kappa shape index (κ2) is 3.25. The van der Waals surface area contributed by atoms with Gasteiger partial charge >= 0.3 is 6.18 Å². The maximum absolute atomic E-state index is 12.9. The summed E-state index contributed by atoms with van der Waals surface area (Å²) >= 11 is 0. The third-order valence-corrected chi connectivity index (χ3v) is 2.93. The minimum atomic E-state index is -4.40. The summed E-state index contributed by atoms with van der Waals surface area (Å²) in [4.78, 5) is 0. The molecule has 6 heteroatoms. The first-order valence-electron chi connectivity index (χ1n) is 5.51. The molecule has 2 rings (SSSR count). The largest absolute Gasteiger partial charge is 0.433 e. The molecule has 0 amide bonds. The van der Waals surface area contributed by atoms with E-state index in [4.69, 9.17) is 5.73 Å². The van der Waals surface area contributed by atoms with Gasteiger partial charge in [0.1, 0.15) is 5.69 Å². The highest BCUT2D eigenvalue weighted by Crippen LogP contribution is 2.44. The van der Waals surface area contributed by atoms with Crippen LogP contribution in [0.3, 0.4) is 0 Å². The van der Waals surface area contributed by atoms with Crippen molar-refractivity contribution in [1.82, 2.24) is 9.78 Å². The molecule has 1 fully saturated rings. The number of halogens is 3. The van der Waals surface area contributed by atoms with Gasteiger partial charge in [-0.2, -0.15) is 18.3 Å². The average molecular weight is 247 g/mol. The Morgan fingerprint density at radius 1 is 1.29 bits per heavy atom. The van der Waals surface area contributed by atoms with Gasteiger partial charge in [0.25, 0.3) is 0 Å². The zero-order chi connectivity index (χ0) is 13.1. The SMILES string of the molecule is CC(C)(C)n1nc(C2(N)CC2)cc1C(F)(F)F. The quantitative estimate of drug-likeness (QED) is 0.829. The standard InChI is InChI=1S/C11H16F3N3/c1-9(2,3)17-8(11(12,13)14)6-7(16-17)10(15)4-5-10/h6H,4-5,15H2,1-3H3. The summed E-state index contributed by atoms with van der Waals surface area (Å²) in [5, 5.41) is 4.05. The Bertz CT molecular complexity index is 404. The molecule has 3 nitrogen and oxygen atoms in total. The van der Waals surface area contributed by atoms with Gasteiger partial charge in [0.2, 0.25) is 0 Å². The molecule has 0 saturated heterocycles. The lowest BCUT2D eigenvalue weighted by molar-refractivity contribution is -0.146. The van der Waals surface area contributed by atoms with Crippen LogP contribution in [0, 0.1) is 0 Å². The van der Waals surface area contributed by atoms with Gasteiger partial charge in [-0.1, -0.05) is 0 Å². The maximum atomic E-state index is 12.9. The van der Waals surface area contributed by atoms with Crippen LogP contribution >= 0.6 is 0 Å². The van der Waals surface area contributed by atoms with E-state index in [9.17, 15) is 13.2 Å². The van der Waals surface area contributed by atoms with E-state index < -0.39 is 22.9 Å². The Morgan fingerprint density at radius 2 is 1.82 bits per heavy atom. The van der Waals surface area contributed by atoms with Gasteiger partial charge in [-0.15, -0.1) is 0 Å². The lowest BCUT2D eigenvalue weighted by Gasteiger charge is -2.23. The van der Waals surface area contributed by atoms with Gasteiger partial charge in [-0.3, -0.25) is 4.68 Å². The Labute approximate surface area is 97.8 Å². The van der Waals surface area contributed by atoms with Crippen LogP contribution in [0.2, 0.25) is 0 Å². The number of rotatable bonds is 1. The molecule has 0 aliphatic heterocycles. The predicted octanol–water partition coefficient (Wildman–Crippen LogP) is 2.60. The van der Waals surface area contributed by atoms with E-state index in [1.54, 1.807) is 20.8 Å². The van der Waals surface area contributed by atoms with Crippen LogP contribution in [0.4, 0.5) is 13.2 Å². The summed E-state index contributed by atoms with van der Waals surface area (Å²) in [5.74, 6) is 0. The van der Waals surface area contributed by atoms with Crippen LogP contribution in [0.15, 0.2) is 6.07 Å². The normalized spacial score (nSPS) is 19.5. The van der Waals surface area contributed by atoms with Crippen molar-refractivity contribution >= 4 is 0 Å². The van der Waals surface area contributed by atoms with Crippen molar-refractivity contribution in [3.8, 4) is 0 Å². The van der Waals surface area contributed by atoms with Crippen LogP contribution in [0.25, 0.3) is 0 Å². The highest BCUT2D eigenvalue weighted by Gasteiger charge is 2.46. The zero-order valence-corrected chi connectivity index (χ0v) is 10.1. The summed E-state index contributed by atoms with van der Waals surface area (Å²) in [6.07, 6.45) is -3.00. The Morgan fingerprint density at radius 3 is 2.12 bits per heavy atom. The average Bonchev–Trinajstić information content (AvgIpc) is 2.71. The lowest BCUT2D eigenvalue weighted by atomic mass is 10.1. The van der Waals surface area contributed by atoms with Crippen molar-refractivity contribution in [2.24, 2.45) is 5.73 Å². The van der Waals surface area contributed by atoms with E-state index in [-0.39, 0.29) is 0 Å². The van der Waals surface area contributed by atoms with Gasteiger partial charge in [-0.05, 0) is 39.7 Å². The van der Waals surface area contributed by atoms with Crippen LogP contribution in [0.5, 0.6) is 0 Å². The molecule has 0 radical (unpaired) electrons. The minimum Gasteiger partial charge on any atom is -0.320 e. The summed E-state index contributed by atoms with van der Waals surface area (Å²) in [6.45, 7) is 5.07. The number of aromatic nitrogens is 2. The second-order valence-corrected chi connectivity index (χ2v) is 5.65. The van der Waals surface area contributed by atoms with Crippen molar-refractivity contribution in [1.29, 1.82) is 0 Å². The molecular formula is C11H16F3N3. The molecular weight excluding hydrogens is 231 g/mol. The van der Waals surface area contributed by atoms with Crippen molar-refractivity contribution in [2.75, 3.05) is 0 Å². The number of hydrogen-bond donors (Lipinski definition) is 1. The van der Waals surface area contributed by atoms with E-state index in [2.05, 4.69) is 5.10 Å². The van der Waals surface area contributed by atoms with E-state index in [1.807, 2.05) is 0 Å². The molecule has 2 N–H and O–H groups in total. The van der Waals surface area contributed by atoms with Crippen LogP contribution < -0.4 is 5.73 Å². The highest BCUT2D eigenvalue weighted by atomic mass is 19.4. The van der Waals surface area contributed by atoms with Crippen molar-refractivity contribution in [3.63, 3.8) is 0 Å². The highest BCUT2D eigenvalue weighted by molar-refractivity contribution is 5.26. The molecule has 0 atom stereocenters. The van der Waals surface area contributed by atoms with Crippen LogP contribution in [-0.2, 0) is 17.3 Å². The zero-order valence-electron chi connectivity index (χ0n) is 10.1. The molecule has 1 saturated carbocycles. The fraction of sp³-hybridized carbons (Fsp3) is 0.727. The summed E-state index contributed by atoms with van der Waals surface area (Å²) < 4.78 is 39.7. The maximum Gasteiger partial charge on any atom is 0.433 e. The molecule has 0 spiro atoms. The smallest absolute Gasteiger partial charge is 0.320 e. The molecule has 1 aromatic heterocycles. The van der Waals surface area contributed by atoms with E-state index >= 15 is 0 Å². The fourth-order valence-corrected chi connectivity index (χ4v) is 1.73. The molecule has 0 bridgehead atoms. The Kier molecular flexibility index (Phi) is 2.37. The van der Waals surface area contributed by atoms with Crippen LogP contribution in [-0.4, -0.2) is 9.78 Å². The molecule has 96 valence electrons. The first-order chi connectivity index (χ1) is 7.54. The fourth-order valence-electron chi connectivity index (χ4n) is 1.73. The number of nitrogens with zero attached hydrogens (tertiary/aromatic N) is 2. The Balaban J connectivity index is 2.53. The molecule has 1 heterocycles. The first kappa shape index (κ1) is 12.4. The monoisotopic (exact) mass is 247 g/mol. The van der Waals surface area contributed by atoms with Gasteiger partial charge in [0.05, 0.1) is 16.8 Å².